The molecular weight excluding hydrogens is 436 g/mol. The van der Waals surface area contributed by atoms with Gasteiger partial charge in [0.2, 0.25) is 0 Å². The second-order valence-electron chi connectivity index (χ2n) is 7.09. The Kier molecular flexibility index (Phi) is 7.96. The number of benzene rings is 2. The number of methoxy groups -OCH3 is 1. The zero-order chi connectivity index (χ0) is 23.1. The molecule has 0 fully saturated rings. The molecule has 0 aliphatic carbocycles. The molecule has 32 heavy (non-hydrogen) atoms. The molecule has 0 bridgehead atoms. The summed E-state index contributed by atoms with van der Waals surface area (Å²) in [5.41, 5.74) is 6.07. The number of carbonyl (C=O) groups excluding carboxylic acids is 1. The van der Waals surface area contributed by atoms with Crippen molar-refractivity contribution in [1.82, 2.24) is 20.6 Å². The van der Waals surface area contributed by atoms with Crippen LogP contribution in [0.2, 0.25) is 5.02 Å². The van der Waals surface area contributed by atoms with Gasteiger partial charge in [0.1, 0.15) is 5.69 Å². The van der Waals surface area contributed by atoms with E-state index in [0.717, 1.165) is 16.7 Å². The van der Waals surface area contributed by atoms with Crippen molar-refractivity contribution in [3.05, 3.63) is 76.6 Å². The molecule has 168 valence electrons. The number of carboxylic acids is 1. The number of ether oxygens (including phenoxy) is 1. The number of aliphatic hydroxyl groups is 1. The summed E-state index contributed by atoms with van der Waals surface area (Å²) in [6.07, 6.45) is -1.67. The summed E-state index contributed by atoms with van der Waals surface area (Å²) in [4.78, 5) is 23.7. The third kappa shape index (κ3) is 6.38. The van der Waals surface area contributed by atoms with Gasteiger partial charge in [0.25, 0.3) is 5.91 Å². The Labute approximate surface area is 189 Å². The summed E-state index contributed by atoms with van der Waals surface area (Å²) >= 11 is 6.05. The monoisotopic (exact) mass is 458 g/mol. The van der Waals surface area contributed by atoms with Gasteiger partial charge in [-0.2, -0.15) is 5.10 Å². The first-order valence-electron chi connectivity index (χ1n) is 9.70. The van der Waals surface area contributed by atoms with E-state index in [1.54, 1.807) is 6.07 Å². The predicted molar refractivity (Wildman–Crippen MR) is 118 cm³/mol. The van der Waals surface area contributed by atoms with Crippen LogP contribution in [0.25, 0.3) is 11.1 Å². The van der Waals surface area contributed by atoms with E-state index in [0.29, 0.717) is 10.7 Å². The number of halogens is 1. The van der Waals surface area contributed by atoms with Crippen LogP contribution in [0.5, 0.6) is 0 Å². The third-order valence-electron chi connectivity index (χ3n) is 4.59. The van der Waals surface area contributed by atoms with Gasteiger partial charge >= 0.3 is 5.97 Å². The van der Waals surface area contributed by atoms with E-state index in [9.17, 15) is 14.7 Å². The van der Waals surface area contributed by atoms with Crippen LogP contribution in [0.3, 0.4) is 0 Å². The fourth-order valence-electron chi connectivity index (χ4n) is 3.03. The van der Waals surface area contributed by atoms with Crippen LogP contribution in [0, 0.1) is 0 Å². The summed E-state index contributed by atoms with van der Waals surface area (Å²) in [6.45, 7) is 0.103. The van der Waals surface area contributed by atoms with Gasteiger partial charge in [0, 0.05) is 18.7 Å². The highest BCUT2D eigenvalue weighted by molar-refractivity contribution is 6.30. The van der Waals surface area contributed by atoms with Gasteiger partial charge in [0.05, 0.1) is 18.8 Å². The van der Waals surface area contributed by atoms with Crippen LogP contribution in [0.4, 0.5) is 0 Å². The van der Waals surface area contributed by atoms with Crippen molar-refractivity contribution in [1.29, 1.82) is 0 Å². The Morgan fingerprint density at radius 2 is 1.94 bits per heavy atom. The summed E-state index contributed by atoms with van der Waals surface area (Å²) in [5.74, 6) is -1.91. The number of hydrazine groups is 1. The summed E-state index contributed by atoms with van der Waals surface area (Å²) in [7, 11) is 1.51. The number of aromatic nitrogens is 2. The lowest BCUT2D eigenvalue weighted by Gasteiger charge is -2.24. The lowest BCUT2D eigenvalue weighted by molar-refractivity contribution is -0.148. The summed E-state index contributed by atoms with van der Waals surface area (Å²) < 4.78 is 4.98. The minimum atomic E-state index is -1.67. The molecule has 0 saturated heterocycles. The van der Waals surface area contributed by atoms with E-state index in [4.69, 9.17) is 21.4 Å². The summed E-state index contributed by atoms with van der Waals surface area (Å²) in [6, 6.07) is 16.5. The number of hydrogen-bond donors (Lipinski definition) is 4. The zero-order valence-corrected chi connectivity index (χ0v) is 18.0. The van der Waals surface area contributed by atoms with Gasteiger partial charge in [-0.25, -0.2) is 9.80 Å². The molecule has 3 aromatic rings. The molecule has 1 amide bonds. The third-order valence-corrected chi connectivity index (χ3v) is 4.83. The molecule has 1 heterocycles. The van der Waals surface area contributed by atoms with E-state index in [1.165, 1.54) is 18.2 Å². The topological polar surface area (TPSA) is 128 Å². The second-order valence-corrected chi connectivity index (χ2v) is 7.53. The number of H-pyrrole nitrogens is 1. The average molecular weight is 459 g/mol. The number of amides is 1. The van der Waals surface area contributed by atoms with Crippen LogP contribution >= 0.6 is 11.6 Å². The van der Waals surface area contributed by atoms with Gasteiger partial charge in [0.15, 0.2) is 6.10 Å². The number of nitrogens with zero attached hydrogens (tertiary/aromatic N) is 2. The number of aliphatic carboxylic acids is 1. The molecule has 0 saturated carbocycles. The molecule has 1 atom stereocenters. The Morgan fingerprint density at radius 1 is 1.19 bits per heavy atom. The van der Waals surface area contributed by atoms with E-state index in [1.807, 2.05) is 42.5 Å². The van der Waals surface area contributed by atoms with E-state index in [-0.39, 0.29) is 25.4 Å². The standard InChI is InChI=1S/C22H23ClN4O5/c1-32-13-18-10-19(25-24-18)21(29)26-27(12-20(28)22(30)31)11-14-5-7-15(8-6-14)16-3-2-4-17(23)9-16/h2-10,20,28H,11-13H2,1H3,(H,24,25)(H,26,29)(H,30,31). The highest BCUT2D eigenvalue weighted by Gasteiger charge is 2.21. The first-order valence-corrected chi connectivity index (χ1v) is 10.1. The molecule has 4 N–H and O–H groups in total. The number of aromatic amines is 1. The molecular formula is C22H23ClN4O5. The molecule has 1 unspecified atom stereocenters. The van der Waals surface area contributed by atoms with Gasteiger partial charge < -0.3 is 14.9 Å². The van der Waals surface area contributed by atoms with Crippen molar-refractivity contribution in [2.45, 2.75) is 19.3 Å². The van der Waals surface area contributed by atoms with E-state index < -0.39 is 18.0 Å². The minimum Gasteiger partial charge on any atom is -0.479 e. The summed E-state index contributed by atoms with van der Waals surface area (Å²) in [5, 5.41) is 27.4. The lowest BCUT2D eigenvalue weighted by atomic mass is 10.0. The molecule has 1 aromatic heterocycles. The van der Waals surface area contributed by atoms with Gasteiger partial charge in [-0.05, 0) is 34.9 Å². The van der Waals surface area contributed by atoms with Crippen LogP contribution in [-0.2, 0) is 22.7 Å². The fraction of sp³-hybridized carbons (Fsp3) is 0.227. The van der Waals surface area contributed by atoms with Crippen molar-refractivity contribution in [3.8, 4) is 11.1 Å². The normalized spacial score (nSPS) is 12.0. The Hall–Kier alpha value is -3.24. The maximum Gasteiger partial charge on any atom is 0.333 e. The lowest BCUT2D eigenvalue weighted by Crippen LogP contribution is -2.47. The van der Waals surface area contributed by atoms with Gasteiger partial charge in [-0.1, -0.05) is 48.0 Å². The van der Waals surface area contributed by atoms with Crippen LogP contribution in [0.1, 0.15) is 21.7 Å². The largest absolute Gasteiger partial charge is 0.479 e. The maximum absolute atomic E-state index is 12.6. The number of aliphatic hydroxyl groups excluding tert-OH is 1. The molecule has 0 aliphatic heterocycles. The molecule has 10 heteroatoms. The van der Waals surface area contributed by atoms with Crippen LogP contribution < -0.4 is 5.43 Å². The molecule has 9 nitrogen and oxygen atoms in total. The van der Waals surface area contributed by atoms with Gasteiger partial charge in [-0.3, -0.25) is 15.3 Å². The van der Waals surface area contributed by atoms with Crippen molar-refractivity contribution < 1.29 is 24.5 Å². The van der Waals surface area contributed by atoms with Gasteiger partial charge in [-0.15, -0.1) is 0 Å². The van der Waals surface area contributed by atoms with E-state index in [2.05, 4.69) is 15.6 Å². The SMILES string of the molecule is COCc1cc(C(=O)NN(Cc2ccc(-c3cccc(Cl)c3)cc2)CC(O)C(=O)O)[nH]n1. The maximum atomic E-state index is 12.6. The van der Waals surface area contributed by atoms with Crippen molar-refractivity contribution in [2.24, 2.45) is 0 Å². The number of carbonyl (C=O) groups is 2. The predicted octanol–water partition coefficient (Wildman–Crippen LogP) is 2.47. The highest BCUT2D eigenvalue weighted by Crippen LogP contribution is 2.23. The molecule has 0 radical (unpaired) electrons. The number of rotatable bonds is 10. The van der Waals surface area contributed by atoms with Crippen molar-refractivity contribution in [2.75, 3.05) is 13.7 Å². The Bertz CT molecular complexity index is 1070. The minimum absolute atomic E-state index is 0.172. The fourth-order valence-corrected chi connectivity index (χ4v) is 3.22. The molecule has 0 aliphatic rings. The Morgan fingerprint density at radius 3 is 2.59 bits per heavy atom. The van der Waals surface area contributed by atoms with Crippen molar-refractivity contribution >= 4 is 23.5 Å². The number of carboxylic acid groups (broad SMARTS) is 1. The second kappa shape index (κ2) is 10.9. The quantitative estimate of drug-likeness (QED) is 0.343. The first-order chi connectivity index (χ1) is 15.4. The van der Waals surface area contributed by atoms with Crippen LogP contribution in [0.15, 0.2) is 54.6 Å². The highest BCUT2D eigenvalue weighted by atomic mass is 35.5. The zero-order valence-electron chi connectivity index (χ0n) is 17.3. The average Bonchev–Trinajstić information content (AvgIpc) is 3.23. The number of nitrogens with one attached hydrogen (secondary N) is 2. The molecule has 2 aromatic carbocycles. The smallest absolute Gasteiger partial charge is 0.333 e. The molecule has 0 spiro atoms. The van der Waals surface area contributed by atoms with Crippen molar-refractivity contribution in [3.63, 3.8) is 0 Å². The first kappa shape index (κ1) is 23.4. The van der Waals surface area contributed by atoms with Crippen LogP contribution in [-0.4, -0.2) is 57.1 Å². The Balaban J connectivity index is 1.73. The number of hydrogen-bond acceptors (Lipinski definition) is 6. The van der Waals surface area contributed by atoms with E-state index >= 15 is 0 Å². The molecule has 3 rings (SSSR count).